The van der Waals surface area contributed by atoms with Crippen LogP contribution < -0.4 is 5.32 Å². The quantitative estimate of drug-likeness (QED) is 0.883. The zero-order chi connectivity index (χ0) is 11.4. The maximum absolute atomic E-state index is 12.9. The van der Waals surface area contributed by atoms with Crippen molar-refractivity contribution in [2.24, 2.45) is 0 Å². The molecule has 1 heterocycles. The third-order valence-electron chi connectivity index (χ3n) is 2.19. The molecule has 0 aliphatic rings. The predicted molar refractivity (Wildman–Crippen MR) is 63.8 cm³/mol. The Labute approximate surface area is 98.2 Å². The third-order valence-corrected chi connectivity index (χ3v) is 3.10. The molecule has 1 N–H and O–H groups in total. The standard InChI is InChI=1S/C12H13FN2S/c1-9-15-8-12(16-9)7-14-6-10-3-2-4-11(13)5-10/h2-5,8,14H,6-7H2,1H3. The van der Waals surface area contributed by atoms with Crippen molar-refractivity contribution in [2.75, 3.05) is 0 Å². The molecule has 0 saturated heterocycles. The highest BCUT2D eigenvalue weighted by atomic mass is 32.1. The molecular weight excluding hydrogens is 223 g/mol. The van der Waals surface area contributed by atoms with Gasteiger partial charge in [-0.15, -0.1) is 11.3 Å². The Morgan fingerprint density at radius 2 is 2.25 bits per heavy atom. The van der Waals surface area contributed by atoms with Crippen molar-refractivity contribution in [2.45, 2.75) is 20.0 Å². The van der Waals surface area contributed by atoms with Gasteiger partial charge in [0.2, 0.25) is 0 Å². The molecule has 0 radical (unpaired) electrons. The Kier molecular flexibility index (Phi) is 3.64. The average Bonchev–Trinajstić information content (AvgIpc) is 2.64. The normalized spacial score (nSPS) is 10.6. The van der Waals surface area contributed by atoms with Crippen LogP contribution in [0.2, 0.25) is 0 Å². The number of hydrogen-bond donors (Lipinski definition) is 1. The van der Waals surface area contributed by atoms with Gasteiger partial charge in [-0.25, -0.2) is 9.37 Å². The van der Waals surface area contributed by atoms with Crippen LogP contribution in [0.5, 0.6) is 0 Å². The smallest absolute Gasteiger partial charge is 0.123 e. The van der Waals surface area contributed by atoms with Gasteiger partial charge in [0.1, 0.15) is 5.82 Å². The molecular formula is C12H13FN2S. The molecule has 0 saturated carbocycles. The Morgan fingerprint density at radius 3 is 2.94 bits per heavy atom. The largest absolute Gasteiger partial charge is 0.308 e. The first-order valence-electron chi connectivity index (χ1n) is 5.10. The van der Waals surface area contributed by atoms with Crippen LogP contribution in [0.3, 0.4) is 0 Å². The van der Waals surface area contributed by atoms with Crippen molar-refractivity contribution < 1.29 is 4.39 Å². The van der Waals surface area contributed by atoms with Gasteiger partial charge >= 0.3 is 0 Å². The van der Waals surface area contributed by atoms with Crippen molar-refractivity contribution in [3.05, 3.63) is 51.7 Å². The maximum atomic E-state index is 12.9. The lowest BCUT2D eigenvalue weighted by molar-refractivity contribution is 0.620. The molecule has 0 aliphatic carbocycles. The van der Waals surface area contributed by atoms with Gasteiger partial charge in [0.05, 0.1) is 5.01 Å². The summed E-state index contributed by atoms with van der Waals surface area (Å²) in [6.07, 6.45) is 1.87. The Morgan fingerprint density at radius 1 is 1.38 bits per heavy atom. The highest BCUT2D eigenvalue weighted by Gasteiger charge is 1.98. The van der Waals surface area contributed by atoms with Crippen LogP contribution in [0, 0.1) is 12.7 Å². The van der Waals surface area contributed by atoms with E-state index in [1.54, 1.807) is 23.5 Å². The van der Waals surface area contributed by atoms with E-state index in [-0.39, 0.29) is 5.82 Å². The van der Waals surface area contributed by atoms with Gasteiger partial charge in [-0.3, -0.25) is 0 Å². The van der Waals surface area contributed by atoms with E-state index in [1.165, 1.54) is 10.9 Å². The van der Waals surface area contributed by atoms with E-state index in [9.17, 15) is 4.39 Å². The topological polar surface area (TPSA) is 24.9 Å². The minimum Gasteiger partial charge on any atom is -0.308 e. The van der Waals surface area contributed by atoms with Crippen LogP contribution >= 0.6 is 11.3 Å². The second-order valence-electron chi connectivity index (χ2n) is 3.58. The third kappa shape index (κ3) is 3.12. The lowest BCUT2D eigenvalue weighted by atomic mass is 10.2. The zero-order valence-electron chi connectivity index (χ0n) is 9.03. The number of aromatic nitrogens is 1. The minimum absolute atomic E-state index is 0.187. The number of halogens is 1. The summed E-state index contributed by atoms with van der Waals surface area (Å²) >= 11 is 1.68. The van der Waals surface area contributed by atoms with Gasteiger partial charge in [-0.1, -0.05) is 12.1 Å². The van der Waals surface area contributed by atoms with E-state index in [0.29, 0.717) is 6.54 Å². The van der Waals surface area contributed by atoms with E-state index in [0.717, 1.165) is 17.1 Å². The number of thiazole rings is 1. The fourth-order valence-corrected chi connectivity index (χ4v) is 2.23. The highest BCUT2D eigenvalue weighted by molar-refractivity contribution is 7.11. The van der Waals surface area contributed by atoms with Gasteiger partial charge in [0, 0.05) is 24.2 Å². The van der Waals surface area contributed by atoms with E-state index in [1.807, 2.05) is 19.2 Å². The van der Waals surface area contributed by atoms with Crippen molar-refractivity contribution in [1.29, 1.82) is 0 Å². The molecule has 4 heteroatoms. The summed E-state index contributed by atoms with van der Waals surface area (Å²) in [6.45, 7) is 3.44. The number of nitrogens with zero attached hydrogens (tertiary/aromatic N) is 1. The summed E-state index contributed by atoms with van der Waals surface area (Å²) in [7, 11) is 0. The number of rotatable bonds is 4. The minimum atomic E-state index is -0.187. The predicted octanol–water partition coefficient (Wildman–Crippen LogP) is 2.88. The van der Waals surface area contributed by atoms with Gasteiger partial charge in [0.25, 0.3) is 0 Å². The monoisotopic (exact) mass is 236 g/mol. The summed E-state index contributed by atoms with van der Waals surface area (Å²) in [5, 5.41) is 4.33. The first kappa shape index (κ1) is 11.2. The molecule has 84 valence electrons. The summed E-state index contributed by atoms with van der Waals surface area (Å²) in [6, 6.07) is 6.64. The van der Waals surface area contributed by atoms with Crippen LogP contribution in [0.25, 0.3) is 0 Å². The van der Waals surface area contributed by atoms with Crippen LogP contribution in [-0.4, -0.2) is 4.98 Å². The Hall–Kier alpha value is -1.26. The summed E-state index contributed by atoms with van der Waals surface area (Å²) < 4.78 is 12.9. The van der Waals surface area contributed by atoms with Gasteiger partial charge in [0.15, 0.2) is 0 Å². The van der Waals surface area contributed by atoms with Crippen LogP contribution in [0.15, 0.2) is 30.5 Å². The van der Waals surface area contributed by atoms with Gasteiger partial charge in [-0.2, -0.15) is 0 Å². The zero-order valence-corrected chi connectivity index (χ0v) is 9.85. The Balaban J connectivity index is 1.84. The van der Waals surface area contributed by atoms with E-state index >= 15 is 0 Å². The first-order chi connectivity index (χ1) is 7.74. The SMILES string of the molecule is Cc1ncc(CNCc2cccc(F)c2)s1. The molecule has 1 aromatic heterocycles. The second kappa shape index (κ2) is 5.18. The molecule has 16 heavy (non-hydrogen) atoms. The number of nitrogens with one attached hydrogen (secondary N) is 1. The molecule has 0 aliphatic heterocycles. The van der Waals surface area contributed by atoms with Crippen molar-refractivity contribution in [3.8, 4) is 0 Å². The fourth-order valence-electron chi connectivity index (χ4n) is 1.46. The molecule has 1 aromatic carbocycles. The molecule has 2 aromatic rings. The van der Waals surface area contributed by atoms with E-state index < -0.39 is 0 Å². The molecule has 0 spiro atoms. The lowest BCUT2D eigenvalue weighted by Gasteiger charge is -2.02. The molecule has 0 atom stereocenters. The van der Waals surface area contributed by atoms with Crippen molar-refractivity contribution >= 4 is 11.3 Å². The maximum Gasteiger partial charge on any atom is 0.123 e. The van der Waals surface area contributed by atoms with Crippen LogP contribution in [0.1, 0.15) is 15.4 Å². The molecule has 0 unspecified atom stereocenters. The second-order valence-corrected chi connectivity index (χ2v) is 4.90. The summed E-state index contributed by atoms with van der Waals surface area (Å²) in [5.41, 5.74) is 0.959. The summed E-state index contributed by atoms with van der Waals surface area (Å²) in [5.74, 6) is -0.187. The van der Waals surface area contributed by atoms with E-state index in [2.05, 4.69) is 10.3 Å². The van der Waals surface area contributed by atoms with Crippen LogP contribution in [-0.2, 0) is 13.1 Å². The van der Waals surface area contributed by atoms with Crippen molar-refractivity contribution in [3.63, 3.8) is 0 Å². The number of hydrogen-bond acceptors (Lipinski definition) is 3. The molecule has 0 amide bonds. The summed E-state index contributed by atoms with van der Waals surface area (Å²) in [4.78, 5) is 5.38. The number of aryl methyl sites for hydroxylation is 1. The Bertz CT molecular complexity index is 468. The van der Waals surface area contributed by atoms with Gasteiger partial charge in [-0.05, 0) is 24.6 Å². The molecule has 2 rings (SSSR count). The molecule has 0 fully saturated rings. The average molecular weight is 236 g/mol. The first-order valence-corrected chi connectivity index (χ1v) is 5.92. The van der Waals surface area contributed by atoms with Crippen LogP contribution in [0.4, 0.5) is 4.39 Å². The van der Waals surface area contributed by atoms with Gasteiger partial charge < -0.3 is 5.32 Å². The molecule has 0 bridgehead atoms. The lowest BCUT2D eigenvalue weighted by Crippen LogP contribution is -2.11. The highest BCUT2D eigenvalue weighted by Crippen LogP contribution is 2.11. The van der Waals surface area contributed by atoms with E-state index in [4.69, 9.17) is 0 Å². The fraction of sp³-hybridized carbons (Fsp3) is 0.250. The molecule has 2 nitrogen and oxygen atoms in total. The number of benzene rings is 1. The van der Waals surface area contributed by atoms with Crippen molar-refractivity contribution in [1.82, 2.24) is 10.3 Å².